The Kier molecular flexibility index (Phi) is 4.08. The molecule has 5 heteroatoms. The molecule has 1 aromatic rings. The Hall–Kier alpha value is -2.53. The second-order valence-electron chi connectivity index (χ2n) is 3.55. The highest BCUT2D eigenvalue weighted by molar-refractivity contribution is 5.61. The lowest BCUT2D eigenvalue weighted by molar-refractivity contribution is -0.384. The molecule has 1 atom stereocenters. The zero-order valence-electron chi connectivity index (χ0n) is 9.30. The van der Waals surface area contributed by atoms with Gasteiger partial charge in [0, 0.05) is 24.6 Å². The molecule has 0 aliphatic rings. The number of hydrogen-bond acceptors (Lipinski definition) is 4. The fraction of sp³-hybridized carbons (Fsp3) is 0.250. The lowest BCUT2D eigenvalue weighted by atomic mass is 10.1. The van der Waals surface area contributed by atoms with Crippen molar-refractivity contribution in [1.29, 1.82) is 5.26 Å². The molecule has 0 aromatic heterocycles. The predicted molar refractivity (Wildman–Crippen MR) is 64.3 cm³/mol. The highest BCUT2D eigenvalue weighted by Gasteiger charge is 2.11. The van der Waals surface area contributed by atoms with Crippen LogP contribution in [0.4, 0.5) is 11.4 Å². The summed E-state index contributed by atoms with van der Waals surface area (Å²) in [5.41, 5.74) is 0.695. The Bertz CT molecular complexity index is 511. The molecule has 0 aliphatic heterocycles. The number of rotatable bonds is 4. The third kappa shape index (κ3) is 3.22. The summed E-state index contributed by atoms with van der Waals surface area (Å²) in [6.45, 7) is 1.88. The summed E-state index contributed by atoms with van der Waals surface area (Å²) in [5.74, 6) is 2.50. The Morgan fingerprint density at radius 3 is 2.88 bits per heavy atom. The van der Waals surface area contributed by atoms with Gasteiger partial charge in [-0.15, -0.1) is 12.3 Å². The predicted octanol–water partition coefficient (Wildman–Crippen LogP) is 2.29. The van der Waals surface area contributed by atoms with E-state index in [-0.39, 0.29) is 17.3 Å². The molecule has 0 aliphatic carbocycles. The molecule has 0 bridgehead atoms. The molecule has 1 N–H and O–H groups in total. The normalized spacial score (nSPS) is 11.0. The van der Waals surface area contributed by atoms with E-state index < -0.39 is 4.92 Å². The van der Waals surface area contributed by atoms with Gasteiger partial charge in [0.05, 0.1) is 16.2 Å². The topological polar surface area (TPSA) is 79.0 Å². The van der Waals surface area contributed by atoms with Crippen LogP contribution in [0, 0.1) is 33.8 Å². The Balaban J connectivity index is 2.99. The summed E-state index contributed by atoms with van der Waals surface area (Å²) in [7, 11) is 0. The van der Waals surface area contributed by atoms with Crippen molar-refractivity contribution in [2.45, 2.75) is 19.4 Å². The van der Waals surface area contributed by atoms with Crippen molar-refractivity contribution in [3.05, 3.63) is 33.9 Å². The minimum atomic E-state index is -0.532. The van der Waals surface area contributed by atoms with E-state index >= 15 is 0 Å². The Morgan fingerprint density at radius 1 is 1.65 bits per heavy atom. The molecule has 86 valence electrons. The Morgan fingerprint density at radius 2 is 2.35 bits per heavy atom. The number of hydrogen-bond donors (Lipinski definition) is 1. The lowest BCUT2D eigenvalue weighted by Gasteiger charge is -2.13. The van der Waals surface area contributed by atoms with Crippen LogP contribution in [0.5, 0.6) is 0 Å². The minimum absolute atomic E-state index is 0.00792. The molecular weight excluding hydrogens is 218 g/mol. The molecule has 1 rings (SSSR count). The smallest absolute Gasteiger partial charge is 0.270 e. The van der Waals surface area contributed by atoms with Crippen LogP contribution in [-0.2, 0) is 0 Å². The first-order valence-corrected chi connectivity index (χ1v) is 4.97. The van der Waals surface area contributed by atoms with Crippen LogP contribution in [0.3, 0.4) is 0 Å². The van der Waals surface area contributed by atoms with Gasteiger partial charge in [0.15, 0.2) is 0 Å². The van der Waals surface area contributed by atoms with Crippen LogP contribution in [0.1, 0.15) is 18.9 Å². The van der Waals surface area contributed by atoms with Crippen LogP contribution >= 0.6 is 0 Å². The van der Waals surface area contributed by atoms with Crippen LogP contribution < -0.4 is 5.32 Å². The van der Waals surface area contributed by atoms with Crippen LogP contribution in [0.25, 0.3) is 0 Å². The Labute approximate surface area is 99.2 Å². The zero-order valence-corrected chi connectivity index (χ0v) is 9.30. The maximum absolute atomic E-state index is 10.6. The van der Waals surface area contributed by atoms with Gasteiger partial charge in [-0.1, -0.05) is 0 Å². The van der Waals surface area contributed by atoms with E-state index in [9.17, 15) is 10.1 Å². The number of nitrogens with one attached hydrogen (secondary N) is 1. The second-order valence-corrected chi connectivity index (χ2v) is 3.55. The van der Waals surface area contributed by atoms with Gasteiger partial charge < -0.3 is 5.32 Å². The molecule has 0 saturated heterocycles. The summed E-state index contributed by atoms with van der Waals surface area (Å²) < 4.78 is 0. The average molecular weight is 229 g/mol. The van der Waals surface area contributed by atoms with Gasteiger partial charge >= 0.3 is 0 Å². The molecule has 0 heterocycles. The van der Waals surface area contributed by atoms with E-state index in [0.717, 1.165) is 0 Å². The molecule has 0 amide bonds. The second kappa shape index (κ2) is 5.53. The minimum Gasteiger partial charge on any atom is -0.381 e. The number of benzene rings is 1. The molecule has 1 aromatic carbocycles. The number of anilines is 1. The van der Waals surface area contributed by atoms with Crippen LogP contribution in [0.15, 0.2) is 18.2 Å². The zero-order chi connectivity index (χ0) is 12.8. The summed E-state index contributed by atoms with van der Waals surface area (Å²) in [6, 6.07) is 6.04. The van der Waals surface area contributed by atoms with E-state index in [1.807, 2.05) is 13.0 Å². The first-order chi connectivity index (χ1) is 8.08. The molecule has 1 unspecified atom stereocenters. The van der Waals surface area contributed by atoms with E-state index in [1.165, 1.54) is 18.2 Å². The first kappa shape index (κ1) is 12.5. The molecule has 17 heavy (non-hydrogen) atoms. The van der Waals surface area contributed by atoms with Gasteiger partial charge in [0.25, 0.3) is 5.69 Å². The van der Waals surface area contributed by atoms with E-state index in [4.69, 9.17) is 11.7 Å². The lowest BCUT2D eigenvalue weighted by Crippen LogP contribution is -2.14. The maximum Gasteiger partial charge on any atom is 0.270 e. The SMILES string of the molecule is C#CCC(C)Nc1ccc([N+](=O)[O-])cc1C#N. The highest BCUT2D eigenvalue weighted by atomic mass is 16.6. The van der Waals surface area contributed by atoms with Crippen molar-refractivity contribution >= 4 is 11.4 Å². The third-order valence-corrected chi connectivity index (χ3v) is 2.16. The van der Waals surface area contributed by atoms with Gasteiger partial charge in [0.1, 0.15) is 6.07 Å². The van der Waals surface area contributed by atoms with Crippen molar-refractivity contribution in [2.24, 2.45) is 0 Å². The van der Waals surface area contributed by atoms with Crippen molar-refractivity contribution in [2.75, 3.05) is 5.32 Å². The van der Waals surface area contributed by atoms with E-state index in [1.54, 1.807) is 0 Å². The van der Waals surface area contributed by atoms with Gasteiger partial charge in [-0.3, -0.25) is 10.1 Å². The summed E-state index contributed by atoms with van der Waals surface area (Å²) >= 11 is 0. The maximum atomic E-state index is 10.6. The van der Waals surface area contributed by atoms with Gasteiger partial charge in [-0.25, -0.2) is 0 Å². The van der Waals surface area contributed by atoms with E-state index in [0.29, 0.717) is 12.1 Å². The van der Waals surface area contributed by atoms with Crippen molar-refractivity contribution < 1.29 is 4.92 Å². The first-order valence-electron chi connectivity index (χ1n) is 4.97. The monoisotopic (exact) mass is 229 g/mol. The largest absolute Gasteiger partial charge is 0.381 e. The molecule has 0 saturated carbocycles. The summed E-state index contributed by atoms with van der Waals surface area (Å²) in [6.07, 6.45) is 5.69. The molecular formula is C12H11N3O2. The van der Waals surface area contributed by atoms with Crippen molar-refractivity contribution in [1.82, 2.24) is 0 Å². The summed E-state index contributed by atoms with van der Waals surface area (Å²) in [5, 5.41) is 22.5. The van der Waals surface area contributed by atoms with Gasteiger partial charge in [-0.2, -0.15) is 5.26 Å². The quantitative estimate of drug-likeness (QED) is 0.488. The summed E-state index contributed by atoms with van der Waals surface area (Å²) in [4.78, 5) is 10.0. The average Bonchev–Trinajstić information content (AvgIpc) is 2.29. The number of nitrogens with zero attached hydrogens (tertiary/aromatic N) is 2. The molecule has 5 nitrogen and oxygen atoms in total. The fourth-order valence-corrected chi connectivity index (χ4v) is 1.36. The highest BCUT2D eigenvalue weighted by Crippen LogP contribution is 2.22. The molecule has 0 spiro atoms. The molecule has 0 fully saturated rings. The van der Waals surface area contributed by atoms with E-state index in [2.05, 4.69) is 11.2 Å². The van der Waals surface area contributed by atoms with Crippen molar-refractivity contribution in [3.63, 3.8) is 0 Å². The third-order valence-electron chi connectivity index (χ3n) is 2.16. The fourth-order valence-electron chi connectivity index (χ4n) is 1.36. The number of terminal acetylenes is 1. The molecule has 0 radical (unpaired) electrons. The van der Waals surface area contributed by atoms with Crippen LogP contribution in [0.2, 0.25) is 0 Å². The number of non-ortho nitro benzene ring substituents is 1. The van der Waals surface area contributed by atoms with Crippen LogP contribution in [-0.4, -0.2) is 11.0 Å². The van der Waals surface area contributed by atoms with Crippen molar-refractivity contribution in [3.8, 4) is 18.4 Å². The number of nitro groups is 1. The van der Waals surface area contributed by atoms with Gasteiger partial charge in [-0.05, 0) is 13.0 Å². The number of nitriles is 1. The standard InChI is InChI=1S/C12H11N3O2/c1-3-4-9(2)14-12-6-5-11(15(16)17)7-10(12)8-13/h1,5-7,9,14H,4H2,2H3. The van der Waals surface area contributed by atoms with Gasteiger partial charge in [0.2, 0.25) is 0 Å². The number of nitro benzene ring substituents is 1.